The van der Waals surface area contributed by atoms with E-state index in [1.165, 1.54) is 0 Å². The van der Waals surface area contributed by atoms with Crippen LogP contribution in [-0.4, -0.2) is 50.6 Å². The molecule has 0 aliphatic heterocycles. The van der Waals surface area contributed by atoms with Crippen LogP contribution in [0.25, 0.3) is 0 Å². The van der Waals surface area contributed by atoms with Crippen LogP contribution in [-0.2, 0) is 9.59 Å². The Kier molecular flexibility index (Phi) is 9.71. The third-order valence-electron chi connectivity index (χ3n) is 5.38. The predicted octanol–water partition coefficient (Wildman–Crippen LogP) is 4.74. The second-order valence-corrected chi connectivity index (χ2v) is 8.02. The first-order chi connectivity index (χ1) is 17.4. The Morgan fingerprint density at radius 2 is 1.47 bits per heavy atom. The fourth-order valence-electron chi connectivity index (χ4n) is 3.77. The van der Waals surface area contributed by atoms with E-state index >= 15 is 0 Å². The van der Waals surface area contributed by atoms with Crippen LogP contribution in [0.1, 0.15) is 25.5 Å². The third kappa shape index (κ3) is 7.23. The highest BCUT2D eigenvalue weighted by atomic mass is 16.5. The Bertz CT molecular complexity index is 1140. The molecular formula is C28H33N3O5. The molecule has 2 amide bonds. The van der Waals surface area contributed by atoms with E-state index in [1.54, 1.807) is 61.5 Å². The molecule has 0 bridgehead atoms. The minimum Gasteiger partial charge on any atom is -0.497 e. The molecule has 3 rings (SSSR count). The largest absolute Gasteiger partial charge is 0.497 e. The molecule has 0 aromatic heterocycles. The molecule has 0 spiro atoms. The first-order valence-corrected chi connectivity index (χ1v) is 11.8. The highest BCUT2D eigenvalue weighted by Crippen LogP contribution is 2.31. The molecule has 0 saturated heterocycles. The fourth-order valence-corrected chi connectivity index (χ4v) is 3.77. The van der Waals surface area contributed by atoms with Crippen molar-refractivity contribution in [3.8, 4) is 17.2 Å². The number of likely N-dealkylation sites (N-methyl/N-ethyl adjacent to an activating group) is 1. The SMILES string of the molecule is CCOc1ccc(NC(=O)CN(C)C(C(=O)Nc2ccc(OC)cc2)c2ccccc2)cc1OCC. The van der Waals surface area contributed by atoms with E-state index < -0.39 is 6.04 Å². The molecule has 3 aromatic rings. The summed E-state index contributed by atoms with van der Waals surface area (Å²) < 4.78 is 16.4. The zero-order chi connectivity index (χ0) is 25.9. The van der Waals surface area contributed by atoms with E-state index in [4.69, 9.17) is 14.2 Å². The standard InChI is InChI=1S/C28H33N3O5/c1-5-35-24-17-14-22(18-25(24)36-6-2)29-26(32)19-31(3)27(20-10-8-7-9-11-20)28(33)30-21-12-15-23(34-4)16-13-21/h7-18,27H,5-6,19H2,1-4H3,(H,29,32)(H,30,33). The van der Waals surface area contributed by atoms with E-state index in [0.29, 0.717) is 41.8 Å². The van der Waals surface area contributed by atoms with Gasteiger partial charge in [-0.2, -0.15) is 0 Å². The molecular weight excluding hydrogens is 458 g/mol. The summed E-state index contributed by atoms with van der Waals surface area (Å²) in [5, 5.41) is 5.82. The monoisotopic (exact) mass is 491 g/mol. The number of benzene rings is 3. The lowest BCUT2D eigenvalue weighted by atomic mass is 10.0. The third-order valence-corrected chi connectivity index (χ3v) is 5.38. The first-order valence-electron chi connectivity index (χ1n) is 11.8. The highest BCUT2D eigenvalue weighted by molar-refractivity contribution is 5.97. The molecule has 1 atom stereocenters. The zero-order valence-electron chi connectivity index (χ0n) is 21.1. The number of carbonyl (C=O) groups excluding carboxylic acids is 2. The second kappa shape index (κ2) is 13.2. The quantitative estimate of drug-likeness (QED) is 0.380. The number of rotatable bonds is 12. The van der Waals surface area contributed by atoms with Gasteiger partial charge in [-0.05, 0) is 62.9 Å². The highest BCUT2D eigenvalue weighted by Gasteiger charge is 2.27. The van der Waals surface area contributed by atoms with Gasteiger partial charge < -0.3 is 24.8 Å². The van der Waals surface area contributed by atoms with E-state index in [2.05, 4.69) is 10.6 Å². The van der Waals surface area contributed by atoms with Crippen LogP contribution >= 0.6 is 0 Å². The number of methoxy groups -OCH3 is 1. The smallest absolute Gasteiger partial charge is 0.246 e. The maximum Gasteiger partial charge on any atom is 0.246 e. The molecule has 0 fully saturated rings. The topological polar surface area (TPSA) is 89.1 Å². The average molecular weight is 492 g/mol. The number of ether oxygens (including phenoxy) is 3. The molecule has 3 aromatic carbocycles. The van der Waals surface area contributed by atoms with Crippen molar-refractivity contribution >= 4 is 23.2 Å². The molecule has 2 N–H and O–H groups in total. The van der Waals surface area contributed by atoms with Crippen molar-refractivity contribution in [3.63, 3.8) is 0 Å². The maximum absolute atomic E-state index is 13.3. The summed E-state index contributed by atoms with van der Waals surface area (Å²) in [4.78, 5) is 27.9. The molecule has 0 aliphatic rings. The van der Waals surface area contributed by atoms with E-state index in [-0.39, 0.29) is 18.4 Å². The Hall–Kier alpha value is -4.04. The van der Waals surface area contributed by atoms with Gasteiger partial charge in [-0.1, -0.05) is 30.3 Å². The van der Waals surface area contributed by atoms with Gasteiger partial charge >= 0.3 is 0 Å². The van der Waals surface area contributed by atoms with E-state index in [9.17, 15) is 9.59 Å². The summed E-state index contributed by atoms with van der Waals surface area (Å²) in [6.07, 6.45) is 0. The predicted molar refractivity (Wildman–Crippen MR) is 141 cm³/mol. The van der Waals surface area contributed by atoms with E-state index in [1.807, 2.05) is 44.2 Å². The van der Waals surface area contributed by atoms with Gasteiger partial charge in [-0.15, -0.1) is 0 Å². The van der Waals surface area contributed by atoms with Gasteiger partial charge in [0.1, 0.15) is 11.8 Å². The number of hydrogen-bond donors (Lipinski definition) is 2. The van der Waals surface area contributed by atoms with Crippen molar-refractivity contribution in [1.29, 1.82) is 0 Å². The van der Waals surface area contributed by atoms with Crippen LogP contribution in [0.15, 0.2) is 72.8 Å². The molecule has 8 heteroatoms. The van der Waals surface area contributed by atoms with Gasteiger partial charge in [0.15, 0.2) is 11.5 Å². The van der Waals surface area contributed by atoms with Crippen LogP contribution < -0.4 is 24.8 Å². The lowest BCUT2D eigenvalue weighted by Crippen LogP contribution is -2.39. The Labute approximate surface area is 212 Å². The average Bonchev–Trinajstić information content (AvgIpc) is 2.87. The molecule has 36 heavy (non-hydrogen) atoms. The van der Waals surface area contributed by atoms with Crippen molar-refractivity contribution in [2.75, 3.05) is 44.5 Å². The summed E-state index contributed by atoms with van der Waals surface area (Å²) in [7, 11) is 3.33. The molecule has 190 valence electrons. The molecule has 0 aliphatic carbocycles. The van der Waals surface area contributed by atoms with Crippen LogP contribution in [0, 0.1) is 0 Å². The van der Waals surface area contributed by atoms with Crippen LogP contribution in [0.5, 0.6) is 17.2 Å². The van der Waals surface area contributed by atoms with Gasteiger partial charge in [-0.3, -0.25) is 14.5 Å². The number of anilines is 2. The van der Waals surface area contributed by atoms with Gasteiger partial charge in [-0.25, -0.2) is 0 Å². The fraction of sp³-hybridized carbons (Fsp3) is 0.286. The van der Waals surface area contributed by atoms with Crippen molar-refractivity contribution in [2.45, 2.75) is 19.9 Å². The van der Waals surface area contributed by atoms with Gasteiger partial charge in [0.25, 0.3) is 0 Å². The lowest BCUT2D eigenvalue weighted by molar-refractivity contribution is -0.123. The number of amides is 2. The summed E-state index contributed by atoms with van der Waals surface area (Å²) in [5.74, 6) is 1.37. The lowest BCUT2D eigenvalue weighted by Gasteiger charge is -2.27. The summed E-state index contributed by atoms with van der Waals surface area (Å²) in [6, 6.07) is 21.0. The van der Waals surface area contributed by atoms with Gasteiger partial charge in [0, 0.05) is 17.4 Å². The summed E-state index contributed by atoms with van der Waals surface area (Å²) in [5.41, 5.74) is 2.00. The van der Waals surface area contributed by atoms with Crippen molar-refractivity contribution in [2.24, 2.45) is 0 Å². The molecule has 0 radical (unpaired) electrons. The minimum absolute atomic E-state index is 0.00717. The number of carbonyl (C=O) groups is 2. The number of nitrogens with one attached hydrogen (secondary N) is 2. The maximum atomic E-state index is 13.3. The number of hydrogen-bond acceptors (Lipinski definition) is 6. The normalized spacial score (nSPS) is 11.5. The van der Waals surface area contributed by atoms with Crippen molar-refractivity contribution in [1.82, 2.24) is 4.90 Å². The Balaban J connectivity index is 1.73. The Morgan fingerprint density at radius 3 is 2.11 bits per heavy atom. The summed E-state index contributed by atoms with van der Waals surface area (Å²) >= 11 is 0. The summed E-state index contributed by atoms with van der Waals surface area (Å²) in [6.45, 7) is 4.76. The molecule has 1 unspecified atom stereocenters. The van der Waals surface area contributed by atoms with Crippen molar-refractivity contribution in [3.05, 3.63) is 78.4 Å². The van der Waals surface area contributed by atoms with E-state index in [0.717, 1.165) is 5.56 Å². The molecule has 0 heterocycles. The Morgan fingerprint density at radius 1 is 0.833 bits per heavy atom. The zero-order valence-corrected chi connectivity index (χ0v) is 21.1. The van der Waals surface area contributed by atoms with Crippen LogP contribution in [0.3, 0.4) is 0 Å². The van der Waals surface area contributed by atoms with Crippen LogP contribution in [0.2, 0.25) is 0 Å². The minimum atomic E-state index is -0.682. The molecule has 0 saturated carbocycles. The second-order valence-electron chi connectivity index (χ2n) is 8.02. The van der Waals surface area contributed by atoms with Gasteiger partial charge in [0.05, 0.1) is 26.9 Å². The van der Waals surface area contributed by atoms with Crippen molar-refractivity contribution < 1.29 is 23.8 Å². The molecule has 8 nitrogen and oxygen atoms in total. The van der Waals surface area contributed by atoms with Gasteiger partial charge in [0.2, 0.25) is 11.8 Å². The first kappa shape index (κ1) is 26.6. The van der Waals surface area contributed by atoms with Crippen LogP contribution in [0.4, 0.5) is 11.4 Å². The number of nitrogens with zero attached hydrogens (tertiary/aromatic N) is 1.